The van der Waals surface area contributed by atoms with E-state index in [9.17, 15) is 33.3 Å². The van der Waals surface area contributed by atoms with E-state index in [4.69, 9.17) is 0 Å². The second kappa shape index (κ2) is 7.65. The minimum atomic E-state index is -1.04. The molecule has 0 saturated heterocycles. The molecule has 0 bridgehead atoms. The zero-order chi connectivity index (χ0) is 22.3. The van der Waals surface area contributed by atoms with Gasteiger partial charge in [0.05, 0.1) is 21.7 Å². The molecule has 1 N–H and O–H groups in total. The molecule has 0 spiro atoms. The van der Waals surface area contributed by atoms with Crippen molar-refractivity contribution in [2.24, 2.45) is 0 Å². The first-order chi connectivity index (χ1) is 14.7. The lowest BCUT2D eigenvalue weighted by Gasteiger charge is -2.12. The summed E-state index contributed by atoms with van der Waals surface area (Å²) in [4.78, 5) is 52.1. The number of carbonyl (C=O) groups is 3. The Morgan fingerprint density at radius 3 is 2.55 bits per heavy atom. The van der Waals surface area contributed by atoms with Crippen LogP contribution in [0.15, 0.2) is 41.8 Å². The first kappa shape index (κ1) is 20.2. The average molecular weight is 444 g/mol. The van der Waals surface area contributed by atoms with Gasteiger partial charge in [-0.3, -0.25) is 29.4 Å². The predicted molar refractivity (Wildman–Crippen MR) is 105 cm³/mol. The number of benzene rings is 2. The van der Waals surface area contributed by atoms with Gasteiger partial charge in [-0.1, -0.05) is 0 Å². The Labute approximate surface area is 176 Å². The number of rotatable bonds is 5. The molecule has 2 heterocycles. The fourth-order valence-electron chi connectivity index (χ4n) is 2.96. The second-order valence-corrected chi connectivity index (χ2v) is 7.26. The molecule has 0 radical (unpaired) electrons. The molecule has 31 heavy (non-hydrogen) atoms. The lowest BCUT2D eigenvalue weighted by molar-refractivity contribution is -0.384. The maximum absolute atomic E-state index is 13.4. The van der Waals surface area contributed by atoms with Gasteiger partial charge in [0.25, 0.3) is 17.5 Å². The summed E-state index contributed by atoms with van der Waals surface area (Å²) in [6.07, 6.45) is 0. The molecular formula is C19H10F2N4O5S. The molecule has 3 aromatic rings. The van der Waals surface area contributed by atoms with Crippen LogP contribution < -0.4 is 5.32 Å². The number of fused-ring (bicyclic) bond motifs is 1. The number of amides is 3. The van der Waals surface area contributed by atoms with Crippen molar-refractivity contribution in [2.75, 3.05) is 11.9 Å². The van der Waals surface area contributed by atoms with Crippen molar-refractivity contribution in [3.63, 3.8) is 0 Å². The van der Waals surface area contributed by atoms with Crippen molar-refractivity contribution < 1.29 is 28.1 Å². The van der Waals surface area contributed by atoms with Gasteiger partial charge in [0.1, 0.15) is 6.54 Å². The molecule has 9 nitrogen and oxygen atoms in total. The number of carbonyl (C=O) groups excluding carboxylic acids is 3. The number of imide groups is 1. The Balaban J connectivity index is 1.46. The minimum Gasteiger partial charge on any atom is -0.300 e. The second-order valence-electron chi connectivity index (χ2n) is 6.40. The van der Waals surface area contributed by atoms with E-state index in [-0.39, 0.29) is 21.9 Å². The van der Waals surface area contributed by atoms with Crippen LogP contribution in [-0.4, -0.2) is 39.1 Å². The first-order valence-electron chi connectivity index (χ1n) is 8.60. The Bertz CT molecular complexity index is 1280. The monoisotopic (exact) mass is 444 g/mol. The molecule has 0 aliphatic carbocycles. The number of non-ortho nitro benzene ring substituents is 1. The zero-order valence-electron chi connectivity index (χ0n) is 15.3. The van der Waals surface area contributed by atoms with Crippen LogP contribution in [0.1, 0.15) is 20.7 Å². The quantitative estimate of drug-likeness (QED) is 0.366. The molecule has 4 rings (SSSR count). The van der Waals surface area contributed by atoms with Crippen LogP contribution in [0, 0.1) is 21.7 Å². The summed E-state index contributed by atoms with van der Waals surface area (Å²) in [6, 6.07) is 6.51. The number of aromatic nitrogens is 1. The highest BCUT2D eigenvalue weighted by molar-refractivity contribution is 7.14. The number of nitro benzene ring substituents is 1. The molecule has 1 aliphatic rings. The number of anilines is 1. The van der Waals surface area contributed by atoms with E-state index < -0.39 is 40.8 Å². The summed E-state index contributed by atoms with van der Waals surface area (Å²) in [7, 11) is 0. The van der Waals surface area contributed by atoms with E-state index in [2.05, 4.69) is 10.3 Å². The number of nitrogens with zero attached hydrogens (tertiary/aromatic N) is 3. The highest BCUT2D eigenvalue weighted by atomic mass is 32.1. The molecule has 1 aliphatic heterocycles. The minimum absolute atomic E-state index is 0.0294. The molecule has 156 valence electrons. The Morgan fingerprint density at radius 1 is 1.10 bits per heavy atom. The van der Waals surface area contributed by atoms with Crippen LogP contribution in [0.5, 0.6) is 0 Å². The third kappa shape index (κ3) is 3.75. The van der Waals surface area contributed by atoms with E-state index in [1.807, 2.05) is 0 Å². The van der Waals surface area contributed by atoms with Gasteiger partial charge in [-0.25, -0.2) is 13.8 Å². The van der Waals surface area contributed by atoms with Crippen molar-refractivity contribution in [3.8, 4) is 11.3 Å². The molecule has 0 atom stereocenters. The maximum Gasteiger partial charge on any atom is 0.270 e. The van der Waals surface area contributed by atoms with Gasteiger partial charge in [-0.15, -0.1) is 11.3 Å². The van der Waals surface area contributed by atoms with Crippen LogP contribution in [-0.2, 0) is 4.79 Å². The van der Waals surface area contributed by atoms with Gasteiger partial charge >= 0.3 is 0 Å². The fraction of sp³-hybridized carbons (Fsp3) is 0.0526. The molecule has 2 aromatic carbocycles. The van der Waals surface area contributed by atoms with Crippen molar-refractivity contribution in [3.05, 3.63) is 74.7 Å². The van der Waals surface area contributed by atoms with Gasteiger partial charge in [0.2, 0.25) is 5.91 Å². The molecule has 0 fully saturated rings. The summed E-state index contributed by atoms with van der Waals surface area (Å²) in [5.74, 6) is -4.33. The summed E-state index contributed by atoms with van der Waals surface area (Å²) in [6.45, 7) is -0.625. The Morgan fingerprint density at radius 2 is 1.84 bits per heavy atom. The smallest absolute Gasteiger partial charge is 0.270 e. The Hall–Kier alpha value is -4.06. The van der Waals surface area contributed by atoms with E-state index in [0.717, 1.165) is 35.6 Å². The van der Waals surface area contributed by atoms with Crippen molar-refractivity contribution in [1.82, 2.24) is 9.88 Å². The molecule has 12 heteroatoms. The maximum atomic E-state index is 13.4. The number of nitrogens with one attached hydrogen (secondary N) is 1. The van der Waals surface area contributed by atoms with E-state index in [1.54, 1.807) is 0 Å². The number of halogens is 2. The SMILES string of the molecule is O=C(CN1C(=O)c2ccc([N+](=O)[O-])cc2C1=O)Nc1nc(-c2ccc(F)c(F)c2)cs1. The predicted octanol–water partition coefficient (Wildman–Crippen LogP) is 3.23. The topological polar surface area (TPSA) is 123 Å². The van der Waals surface area contributed by atoms with Crippen LogP contribution in [0.25, 0.3) is 11.3 Å². The van der Waals surface area contributed by atoms with Gasteiger partial charge < -0.3 is 5.32 Å². The summed E-state index contributed by atoms with van der Waals surface area (Å²) < 4.78 is 26.5. The van der Waals surface area contributed by atoms with Gasteiger partial charge in [-0.05, 0) is 24.3 Å². The normalized spacial score (nSPS) is 12.8. The van der Waals surface area contributed by atoms with Crippen molar-refractivity contribution in [1.29, 1.82) is 0 Å². The zero-order valence-corrected chi connectivity index (χ0v) is 16.1. The van der Waals surface area contributed by atoms with Crippen LogP contribution in [0.2, 0.25) is 0 Å². The van der Waals surface area contributed by atoms with Crippen LogP contribution >= 0.6 is 11.3 Å². The van der Waals surface area contributed by atoms with Crippen LogP contribution in [0.3, 0.4) is 0 Å². The van der Waals surface area contributed by atoms with E-state index >= 15 is 0 Å². The molecule has 1 aromatic heterocycles. The standard InChI is InChI=1S/C19H10F2N4O5S/c20-13-4-1-9(5-14(13)21)15-8-31-19(22-15)23-16(26)7-24-17(27)11-3-2-10(25(29)30)6-12(11)18(24)28/h1-6,8H,7H2,(H,22,23,26). The number of hydrogen-bond acceptors (Lipinski definition) is 7. The third-order valence-electron chi connectivity index (χ3n) is 4.43. The molecule has 0 unspecified atom stereocenters. The fourth-order valence-corrected chi connectivity index (χ4v) is 3.69. The van der Waals surface area contributed by atoms with E-state index in [1.165, 1.54) is 17.5 Å². The third-order valence-corrected chi connectivity index (χ3v) is 5.19. The molecule has 3 amide bonds. The largest absolute Gasteiger partial charge is 0.300 e. The lowest BCUT2D eigenvalue weighted by atomic mass is 10.1. The number of nitro groups is 1. The van der Waals surface area contributed by atoms with Gasteiger partial charge in [0.15, 0.2) is 16.8 Å². The molecular weight excluding hydrogens is 434 g/mol. The lowest BCUT2D eigenvalue weighted by Crippen LogP contribution is -2.37. The van der Waals surface area contributed by atoms with Crippen molar-refractivity contribution >= 4 is 39.9 Å². The van der Waals surface area contributed by atoms with Crippen molar-refractivity contribution in [2.45, 2.75) is 0 Å². The highest BCUT2D eigenvalue weighted by Gasteiger charge is 2.37. The van der Waals surface area contributed by atoms with Gasteiger partial charge in [-0.2, -0.15) is 0 Å². The average Bonchev–Trinajstić information content (AvgIpc) is 3.28. The van der Waals surface area contributed by atoms with Crippen LogP contribution in [0.4, 0.5) is 19.6 Å². The highest BCUT2D eigenvalue weighted by Crippen LogP contribution is 2.28. The summed E-state index contributed by atoms with van der Waals surface area (Å²) in [5, 5.41) is 14.9. The molecule has 0 saturated carbocycles. The van der Waals surface area contributed by atoms with Gasteiger partial charge in [0, 0.05) is 23.1 Å². The Kier molecular flexibility index (Phi) is 4.99. The van der Waals surface area contributed by atoms with E-state index in [0.29, 0.717) is 16.2 Å². The summed E-state index contributed by atoms with van der Waals surface area (Å²) >= 11 is 1.01. The number of hydrogen-bond donors (Lipinski definition) is 1. The number of thiazole rings is 1. The first-order valence-corrected chi connectivity index (χ1v) is 9.48. The summed E-state index contributed by atoms with van der Waals surface area (Å²) in [5.41, 5.74) is 0.0729.